The van der Waals surface area contributed by atoms with E-state index in [1.54, 1.807) is 18.2 Å². The van der Waals surface area contributed by atoms with Gasteiger partial charge in [0, 0.05) is 11.8 Å². The zero-order valence-corrected chi connectivity index (χ0v) is 14.8. The average molecular weight is 342 g/mol. The van der Waals surface area contributed by atoms with Crippen LogP contribution in [0.25, 0.3) is 0 Å². The summed E-state index contributed by atoms with van der Waals surface area (Å²) in [6.45, 7) is 3.84. The van der Waals surface area contributed by atoms with Gasteiger partial charge in [-0.25, -0.2) is 0 Å². The van der Waals surface area contributed by atoms with Crippen LogP contribution in [-0.2, 0) is 9.59 Å². The van der Waals surface area contributed by atoms with E-state index in [1.165, 1.54) is 14.2 Å². The van der Waals surface area contributed by atoms with Crippen molar-refractivity contribution in [3.8, 4) is 11.5 Å². The molecule has 0 unspecified atom stereocenters. The van der Waals surface area contributed by atoms with Crippen LogP contribution < -0.4 is 20.1 Å². The number of ether oxygens (including phenoxy) is 2. The normalized spacial score (nSPS) is 10.1. The standard InChI is InChI=1S/C19H22N2O4/c1-12-5-6-13(2)15(9-12)20-18(22)11-19(23)21-16-10-14(24-3)7-8-17(16)25-4/h5-10H,11H2,1-4H3,(H,20,22)(H,21,23). The van der Waals surface area contributed by atoms with Gasteiger partial charge in [0.1, 0.15) is 17.9 Å². The zero-order chi connectivity index (χ0) is 18.4. The molecule has 0 heterocycles. The Morgan fingerprint density at radius 3 is 2.20 bits per heavy atom. The molecule has 0 atom stereocenters. The molecule has 0 bridgehead atoms. The van der Waals surface area contributed by atoms with Gasteiger partial charge >= 0.3 is 0 Å². The number of carbonyl (C=O) groups excluding carboxylic acids is 2. The summed E-state index contributed by atoms with van der Waals surface area (Å²) in [6, 6.07) is 10.8. The van der Waals surface area contributed by atoms with E-state index < -0.39 is 5.91 Å². The lowest BCUT2D eigenvalue weighted by molar-refractivity contribution is -0.123. The highest BCUT2D eigenvalue weighted by Crippen LogP contribution is 2.29. The van der Waals surface area contributed by atoms with Gasteiger partial charge in [-0.1, -0.05) is 12.1 Å². The Bertz CT molecular complexity index is 787. The third kappa shape index (κ3) is 4.97. The first-order valence-corrected chi connectivity index (χ1v) is 7.82. The van der Waals surface area contributed by atoms with Gasteiger partial charge in [-0.3, -0.25) is 9.59 Å². The van der Waals surface area contributed by atoms with Crippen molar-refractivity contribution in [2.24, 2.45) is 0 Å². The molecule has 2 amide bonds. The molecule has 0 saturated carbocycles. The second kappa shape index (κ2) is 8.19. The highest BCUT2D eigenvalue weighted by molar-refractivity contribution is 6.08. The molecule has 2 aromatic carbocycles. The van der Waals surface area contributed by atoms with E-state index in [0.29, 0.717) is 22.9 Å². The Labute approximate surface area is 147 Å². The van der Waals surface area contributed by atoms with E-state index in [4.69, 9.17) is 9.47 Å². The summed E-state index contributed by atoms with van der Waals surface area (Å²) in [5, 5.41) is 5.44. The van der Waals surface area contributed by atoms with Gasteiger partial charge in [0.25, 0.3) is 0 Å². The Morgan fingerprint density at radius 2 is 1.56 bits per heavy atom. The van der Waals surface area contributed by atoms with Crippen molar-refractivity contribution in [3.63, 3.8) is 0 Å². The van der Waals surface area contributed by atoms with Crippen molar-refractivity contribution in [2.75, 3.05) is 24.9 Å². The second-order valence-corrected chi connectivity index (χ2v) is 5.66. The minimum absolute atomic E-state index is 0.298. The lowest BCUT2D eigenvalue weighted by Gasteiger charge is -2.12. The monoisotopic (exact) mass is 342 g/mol. The molecule has 2 rings (SSSR count). The third-order valence-electron chi connectivity index (χ3n) is 3.67. The van der Waals surface area contributed by atoms with Crippen molar-refractivity contribution in [2.45, 2.75) is 20.3 Å². The number of hydrogen-bond acceptors (Lipinski definition) is 4. The average Bonchev–Trinajstić information content (AvgIpc) is 2.57. The van der Waals surface area contributed by atoms with Gasteiger partial charge < -0.3 is 20.1 Å². The maximum Gasteiger partial charge on any atom is 0.233 e. The fourth-order valence-electron chi connectivity index (χ4n) is 2.32. The predicted molar refractivity (Wildman–Crippen MR) is 97.3 cm³/mol. The molecule has 0 aromatic heterocycles. The van der Waals surface area contributed by atoms with Crippen LogP contribution in [0.5, 0.6) is 11.5 Å². The number of amides is 2. The molecule has 0 radical (unpaired) electrons. The molecule has 0 aliphatic heterocycles. The van der Waals surface area contributed by atoms with E-state index in [2.05, 4.69) is 10.6 Å². The van der Waals surface area contributed by atoms with Crippen molar-refractivity contribution < 1.29 is 19.1 Å². The molecule has 0 fully saturated rings. The van der Waals surface area contributed by atoms with E-state index in [9.17, 15) is 9.59 Å². The topological polar surface area (TPSA) is 76.7 Å². The first-order chi connectivity index (χ1) is 11.9. The number of anilines is 2. The molecule has 0 aliphatic rings. The van der Waals surface area contributed by atoms with Crippen LogP contribution in [-0.4, -0.2) is 26.0 Å². The summed E-state index contributed by atoms with van der Waals surface area (Å²) in [7, 11) is 3.04. The summed E-state index contributed by atoms with van der Waals surface area (Å²) in [5.41, 5.74) is 3.13. The van der Waals surface area contributed by atoms with Gasteiger partial charge in [0.2, 0.25) is 11.8 Å². The van der Waals surface area contributed by atoms with Crippen LogP contribution >= 0.6 is 0 Å². The van der Waals surface area contributed by atoms with Crippen LogP contribution in [0.1, 0.15) is 17.5 Å². The van der Waals surface area contributed by atoms with E-state index >= 15 is 0 Å². The number of benzene rings is 2. The summed E-state index contributed by atoms with van der Waals surface area (Å²) >= 11 is 0. The van der Waals surface area contributed by atoms with Crippen LogP contribution in [0.4, 0.5) is 11.4 Å². The van der Waals surface area contributed by atoms with Gasteiger partial charge in [0.15, 0.2) is 0 Å². The summed E-state index contributed by atoms with van der Waals surface area (Å²) in [4.78, 5) is 24.3. The minimum Gasteiger partial charge on any atom is -0.497 e. The fraction of sp³-hybridized carbons (Fsp3) is 0.263. The van der Waals surface area contributed by atoms with E-state index in [-0.39, 0.29) is 12.3 Å². The van der Waals surface area contributed by atoms with Crippen molar-refractivity contribution >= 4 is 23.2 Å². The Kier molecular flexibility index (Phi) is 6.00. The maximum absolute atomic E-state index is 12.2. The number of rotatable bonds is 6. The number of nitrogens with one attached hydrogen (secondary N) is 2. The molecular weight excluding hydrogens is 320 g/mol. The van der Waals surface area contributed by atoms with Gasteiger partial charge in [-0.05, 0) is 43.2 Å². The van der Waals surface area contributed by atoms with E-state index in [0.717, 1.165) is 11.1 Å². The predicted octanol–water partition coefficient (Wildman–Crippen LogP) is 3.29. The SMILES string of the molecule is COc1ccc(OC)c(NC(=O)CC(=O)Nc2cc(C)ccc2C)c1. The van der Waals surface area contributed by atoms with Crippen molar-refractivity contribution in [3.05, 3.63) is 47.5 Å². The first-order valence-electron chi connectivity index (χ1n) is 7.82. The number of hydrogen-bond donors (Lipinski definition) is 2. The quantitative estimate of drug-likeness (QED) is 0.790. The van der Waals surface area contributed by atoms with Crippen LogP contribution in [0, 0.1) is 13.8 Å². The van der Waals surface area contributed by atoms with E-state index in [1.807, 2.05) is 32.0 Å². The molecule has 6 nitrogen and oxygen atoms in total. The maximum atomic E-state index is 12.2. The lowest BCUT2D eigenvalue weighted by Crippen LogP contribution is -2.22. The Balaban J connectivity index is 2.02. The smallest absolute Gasteiger partial charge is 0.233 e. The molecule has 25 heavy (non-hydrogen) atoms. The van der Waals surface area contributed by atoms with Crippen molar-refractivity contribution in [1.29, 1.82) is 0 Å². The minimum atomic E-state index is -0.436. The van der Waals surface area contributed by atoms with Gasteiger partial charge in [-0.15, -0.1) is 0 Å². The first kappa shape index (κ1) is 18.3. The summed E-state index contributed by atoms with van der Waals surface area (Å²) in [6.07, 6.45) is -0.298. The van der Waals surface area contributed by atoms with Crippen LogP contribution in [0.3, 0.4) is 0 Å². The molecule has 0 saturated heterocycles. The number of carbonyl (C=O) groups is 2. The van der Waals surface area contributed by atoms with Crippen LogP contribution in [0.2, 0.25) is 0 Å². The summed E-state index contributed by atoms with van der Waals surface area (Å²) in [5.74, 6) is 0.252. The second-order valence-electron chi connectivity index (χ2n) is 5.66. The largest absolute Gasteiger partial charge is 0.497 e. The van der Waals surface area contributed by atoms with Crippen molar-refractivity contribution in [1.82, 2.24) is 0 Å². The molecule has 0 spiro atoms. The highest BCUT2D eigenvalue weighted by atomic mass is 16.5. The summed E-state index contributed by atoms with van der Waals surface area (Å²) < 4.78 is 10.3. The number of methoxy groups -OCH3 is 2. The van der Waals surface area contributed by atoms with Gasteiger partial charge in [-0.2, -0.15) is 0 Å². The number of aryl methyl sites for hydroxylation is 2. The zero-order valence-electron chi connectivity index (χ0n) is 14.8. The fourth-order valence-corrected chi connectivity index (χ4v) is 2.32. The molecular formula is C19H22N2O4. The molecule has 132 valence electrons. The Hall–Kier alpha value is -3.02. The lowest BCUT2D eigenvalue weighted by atomic mass is 10.1. The molecule has 6 heteroatoms. The molecule has 2 N–H and O–H groups in total. The third-order valence-corrected chi connectivity index (χ3v) is 3.67. The van der Waals surface area contributed by atoms with Gasteiger partial charge in [0.05, 0.1) is 19.9 Å². The highest BCUT2D eigenvalue weighted by Gasteiger charge is 2.14. The van der Waals surface area contributed by atoms with Crippen LogP contribution in [0.15, 0.2) is 36.4 Å². The molecule has 2 aromatic rings. The molecule has 0 aliphatic carbocycles. The Morgan fingerprint density at radius 1 is 0.880 bits per heavy atom.